The van der Waals surface area contributed by atoms with Gasteiger partial charge < -0.3 is 19.1 Å². The zero-order valence-electron chi connectivity index (χ0n) is 11.7. The summed E-state index contributed by atoms with van der Waals surface area (Å²) in [5, 5.41) is 9.22. The number of rotatable bonds is 4. The predicted molar refractivity (Wildman–Crippen MR) is 75.8 cm³/mol. The van der Waals surface area contributed by atoms with Gasteiger partial charge in [-0.2, -0.15) is 0 Å². The maximum absolute atomic E-state index is 11.7. The third-order valence-corrected chi connectivity index (χ3v) is 3.14. The van der Waals surface area contributed by atoms with Gasteiger partial charge >= 0.3 is 0 Å². The first-order valence-corrected chi connectivity index (χ1v) is 6.16. The number of aliphatic hydroxyl groups excluding tert-OH is 1. The molecule has 106 valence electrons. The molecule has 0 spiro atoms. The van der Waals surface area contributed by atoms with Gasteiger partial charge in [0.05, 0.1) is 26.5 Å². The molecule has 0 bridgehead atoms. The first-order valence-electron chi connectivity index (χ1n) is 6.16. The Morgan fingerprint density at radius 3 is 2.55 bits per heavy atom. The molecule has 1 aromatic carbocycles. The Kier molecular flexibility index (Phi) is 4.10. The SMILES string of the molecule is COc1ccc(-n2cc(CO)c(=O)cc2C)c(OC)c1. The summed E-state index contributed by atoms with van der Waals surface area (Å²) in [6, 6.07) is 6.92. The van der Waals surface area contributed by atoms with Gasteiger partial charge in [0.2, 0.25) is 0 Å². The highest BCUT2D eigenvalue weighted by Crippen LogP contribution is 2.28. The minimum absolute atomic E-state index is 0.172. The summed E-state index contributed by atoms with van der Waals surface area (Å²) >= 11 is 0. The summed E-state index contributed by atoms with van der Waals surface area (Å²) in [6.07, 6.45) is 1.63. The molecular formula is C15H17NO4. The number of ether oxygens (including phenoxy) is 2. The number of nitrogens with zero attached hydrogens (tertiary/aromatic N) is 1. The van der Waals surface area contributed by atoms with E-state index >= 15 is 0 Å². The highest BCUT2D eigenvalue weighted by Gasteiger charge is 2.10. The molecule has 0 aliphatic carbocycles. The van der Waals surface area contributed by atoms with Crippen LogP contribution in [0.2, 0.25) is 0 Å². The molecule has 1 heterocycles. The van der Waals surface area contributed by atoms with E-state index in [1.807, 2.05) is 23.6 Å². The van der Waals surface area contributed by atoms with Crippen molar-refractivity contribution >= 4 is 0 Å². The quantitative estimate of drug-likeness (QED) is 0.921. The first-order chi connectivity index (χ1) is 9.60. The number of hydrogen-bond donors (Lipinski definition) is 1. The van der Waals surface area contributed by atoms with Crippen LogP contribution in [0.1, 0.15) is 11.3 Å². The number of hydrogen-bond acceptors (Lipinski definition) is 4. The van der Waals surface area contributed by atoms with Crippen LogP contribution in [0.4, 0.5) is 0 Å². The largest absolute Gasteiger partial charge is 0.497 e. The number of pyridine rings is 1. The van der Waals surface area contributed by atoms with E-state index in [1.54, 1.807) is 26.5 Å². The average Bonchev–Trinajstić information content (AvgIpc) is 2.47. The fourth-order valence-electron chi connectivity index (χ4n) is 2.04. The topological polar surface area (TPSA) is 60.7 Å². The van der Waals surface area contributed by atoms with E-state index in [1.165, 1.54) is 6.07 Å². The molecule has 0 saturated heterocycles. The van der Waals surface area contributed by atoms with E-state index < -0.39 is 0 Å². The summed E-state index contributed by atoms with van der Waals surface area (Å²) < 4.78 is 12.3. The Hall–Kier alpha value is -2.27. The monoisotopic (exact) mass is 275 g/mol. The van der Waals surface area contributed by atoms with Crippen molar-refractivity contribution in [2.45, 2.75) is 13.5 Å². The molecule has 5 heteroatoms. The molecule has 0 amide bonds. The van der Waals surface area contributed by atoms with Crippen LogP contribution in [0.15, 0.2) is 35.3 Å². The zero-order valence-corrected chi connectivity index (χ0v) is 11.7. The Labute approximate surface area is 117 Å². The van der Waals surface area contributed by atoms with Gasteiger partial charge in [0, 0.05) is 29.6 Å². The first kappa shape index (κ1) is 14.1. The Balaban J connectivity index is 2.64. The fourth-order valence-corrected chi connectivity index (χ4v) is 2.04. The van der Waals surface area contributed by atoms with Crippen LogP contribution in [0, 0.1) is 6.92 Å². The summed E-state index contributed by atoms with van der Waals surface area (Å²) in [5.74, 6) is 1.31. The number of aromatic nitrogens is 1. The summed E-state index contributed by atoms with van der Waals surface area (Å²) in [5.41, 5.74) is 1.71. The van der Waals surface area contributed by atoms with Crippen LogP contribution < -0.4 is 14.9 Å². The van der Waals surface area contributed by atoms with E-state index in [-0.39, 0.29) is 12.0 Å². The Morgan fingerprint density at radius 2 is 1.95 bits per heavy atom. The molecule has 2 aromatic rings. The second-order valence-corrected chi connectivity index (χ2v) is 4.37. The fraction of sp³-hybridized carbons (Fsp3) is 0.267. The lowest BCUT2D eigenvalue weighted by Crippen LogP contribution is -2.14. The lowest BCUT2D eigenvalue weighted by molar-refractivity contribution is 0.280. The summed E-state index contributed by atoms with van der Waals surface area (Å²) in [6.45, 7) is 1.53. The van der Waals surface area contributed by atoms with Gasteiger partial charge in [-0.05, 0) is 19.1 Å². The minimum Gasteiger partial charge on any atom is -0.497 e. The molecule has 20 heavy (non-hydrogen) atoms. The molecule has 2 rings (SSSR count). The lowest BCUT2D eigenvalue weighted by Gasteiger charge is -2.16. The van der Waals surface area contributed by atoms with Crippen molar-refractivity contribution < 1.29 is 14.6 Å². The molecule has 0 radical (unpaired) electrons. The van der Waals surface area contributed by atoms with Gasteiger partial charge in [-0.15, -0.1) is 0 Å². The number of aryl methyl sites for hydroxylation is 1. The number of benzene rings is 1. The number of aliphatic hydroxyl groups is 1. The molecular weight excluding hydrogens is 258 g/mol. The second kappa shape index (κ2) is 5.79. The van der Waals surface area contributed by atoms with Crippen molar-refractivity contribution in [2.24, 2.45) is 0 Å². The van der Waals surface area contributed by atoms with Crippen LogP contribution in [0.3, 0.4) is 0 Å². The van der Waals surface area contributed by atoms with Crippen molar-refractivity contribution in [1.29, 1.82) is 0 Å². The van der Waals surface area contributed by atoms with E-state index in [2.05, 4.69) is 0 Å². The summed E-state index contributed by atoms with van der Waals surface area (Å²) in [7, 11) is 3.16. The normalized spacial score (nSPS) is 10.4. The number of methoxy groups -OCH3 is 2. The molecule has 5 nitrogen and oxygen atoms in total. The van der Waals surface area contributed by atoms with Gasteiger partial charge in [-0.1, -0.05) is 0 Å². The highest BCUT2D eigenvalue weighted by molar-refractivity contribution is 5.52. The van der Waals surface area contributed by atoms with Crippen LogP contribution >= 0.6 is 0 Å². The van der Waals surface area contributed by atoms with E-state index in [9.17, 15) is 9.90 Å². The Bertz CT molecular complexity index is 676. The molecule has 0 atom stereocenters. The maximum atomic E-state index is 11.7. The molecule has 0 saturated carbocycles. The van der Waals surface area contributed by atoms with Gasteiger partial charge in [0.15, 0.2) is 5.43 Å². The van der Waals surface area contributed by atoms with Crippen LogP contribution in [0.25, 0.3) is 5.69 Å². The van der Waals surface area contributed by atoms with Crippen LogP contribution in [0.5, 0.6) is 11.5 Å². The van der Waals surface area contributed by atoms with E-state index in [0.29, 0.717) is 17.1 Å². The molecule has 0 aliphatic rings. The van der Waals surface area contributed by atoms with Crippen molar-refractivity contribution in [3.8, 4) is 17.2 Å². The van der Waals surface area contributed by atoms with E-state index in [4.69, 9.17) is 9.47 Å². The molecule has 0 aliphatic heterocycles. The molecule has 1 N–H and O–H groups in total. The molecule has 0 unspecified atom stereocenters. The predicted octanol–water partition coefficient (Wildman–Crippen LogP) is 1.66. The lowest BCUT2D eigenvalue weighted by atomic mass is 10.2. The van der Waals surface area contributed by atoms with Gasteiger partial charge in [0.1, 0.15) is 11.5 Å². The van der Waals surface area contributed by atoms with Crippen molar-refractivity contribution in [2.75, 3.05) is 14.2 Å². The van der Waals surface area contributed by atoms with E-state index in [0.717, 1.165) is 11.4 Å². The highest BCUT2D eigenvalue weighted by atomic mass is 16.5. The van der Waals surface area contributed by atoms with Crippen molar-refractivity contribution in [1.82, 2.24) is 4.57 Å². The smallest absolute Gasteiger partial charge is 0.187 e. The van der Waals surface area contributed by atoms with Crippen LogP contribution in [-0.4, -0.2) is 23.9 Å². The summed E-state index contributed by atoms with van der Waals surface area (Å²) in [4.78, 5) is 11.7. The van der Waals surface area contributed by atoms with Crippen molar-refractivity contribution in [3.63, 3.8) is 0 Å². The second-order valence-electron chi connectivity index (χ2n) is 4.37. The standard InChI is InChI=1S/C15H17NO4/c1-10-6-14(18)11(9-17)8-16(10)13-5-4-12(19-2)7-15(13)20-3/h4-8,17H,9H2,1-3H3. The van der Waals surface area contributed by atoms with Gasteiger partial charge in [-0.25, -0.2) is 0 Å². The van der Waals surface area contributed by atoms with Gasteiger partial charge in [-0.3, -0.25) is 4.79 Å². The maximum Gasteiger partial charge on any atom is 0.187 e. The molecule has 1 aromatic heterocycles. The average molecular weight is 275 g/mol. The third-order valence-electron chi connectivity index (χ3n) is 3.14. The molecule has 0 fully saturated rings. The Morgan fingerprint density at radius 1 is 1.20 bits per heavy atom. The van der Waals surface area contributed by atoms with Gasteiger partial charge in [0.25, 0.3) is 0 Å². The van der Waals surface area contributed by atoms with Crippen molar-refractivity contribution in [3.05, 3.63) is 51.9 Å². The third kappa shape index (κ3) is 2.53. The van der Waals surface area contributed by atoms with Crippen LogP contribution in [-0.2, 0) is 6.61 Å². The zero-order chi connectivity index (χ0) is 14.7. The minimum atomic E-state index is -0.294.